The van der Waals surface area contributed by atoms with Crippen molar-refractivity contribution in [3.63, 3.8) is 0 Å². The molecule has 0 radical (unpaired) electrons. The van der Waals surface area contributed by atoms with Gasteiger partial charge in [0.2, 0.25) is 0 Å². The third-order valence-electron chi connectivity index (χ3n) is 4.65. The lowest BCUT2D eigenvalue weighted by atomic mass is 9.94. The average molecular weight is 370 g/mol. The molecule has 2 N–H and O–H groups in total. The number of benzene rings is 2. The third kappa shape index (κ3) is 5.91. The summed E-state index contributed by atoms with van der Waals surface area (Å²) in [5.41, 5.74) is 2.41. The number of rotatable bonds is 8. The Morgan fingerprint density at radius 1 is 1.07 bits per heavy atom. The van der Waals surface area contributed by atoms with Gasteiger partial charge in [0, 0.05) is 25.6 Å². The average Bonchev–Trinajstić information content (AvgIpc) is 2.71. The second-order valence-corrected chi connectivity index (χ2v) is 6.48. The SMILES string of the molecule is CCOc1cc(CNC(=NC)NC(C)C(C)c2ccccc2)ccc1OC. The molecule has 2 unspecified atom stereocenters. The van der Waals surface area contributed by atoms with E-state index in [2.05, 4.69) is 53.7 Å². The Morgan fingerprint density at radius 2 is 1.81 bits per heavy atom. The highest BCUT2D eigenvalue weighted by Crippen LogP contribution is 2.28. The van der Waals surface area contributed by atoms with Crippen molar-refractivity contribution in [1.29, 1.82) is 0 Å². The van der Waals surface area contributed by atoms with Crippen molar-refractivity contribution >= 4 is 5.96 Å². The van der Waals surface area contributed by atoms with Crippen LogP contribution in [-0.2, 0) is 6.54 Å². The molecule has 0 amide bonds. The third-order valence-corrected chi connectivity index (χ3v) is 4.65. The van der Waals surface area contributed by atoms with Gasteiger partial charge in [-0.05, 0) is 37.1 Å². The normalized spacial score (nSPS) is 13.6. The highest BCUT2D eigenvalue weighted by molar-refractivity contribution is 5.80. The van der Waals surface area contributed by atoms with E-state index in [4.69, 9.17) is 9.47 Å². The monoisotopic (exact) mass is 369 g/mol. The molecule has 27 heavy (non-hydrogen) atoms. The number of hydrogen-bond donors (Lipinski definition) is 2. The topological polar surface area (TPSA) is 54.9 Å². The number of nitrogens with zero attached hydrogens (tertiary/aromatic N) is 1. The predicted octanol–water partition coefficient (Wildman–Crippen LogP) is 3.95. The zero-order valence-corrected chi connectivity index (χ0v) is 17.0. The first-order valence-electron chi connectivity index (χ1n) is 9.40. The van der Waals surface area contributed by atoms with E-state index in [1.54, 1.807) is 14.2 Å². The van der Waals surface area contributed by atoms with Gasteiger partial charge in [-0.25, -0.2) is 0 Å². The Morgan fingerprint density at radius 3 is 2.44 bits per heavy atom. The van der Waals surface area contributed by atoms with Gasteiger partial charge in [0.15, 0.2) is 17.5 Å². The van der Waals surface area contributed by atoms with Gasteiger partial charge in [-0.3, -0.25) is 4.99 Å². The molecule has 0 fully saturated rings. The van der Waals surface area contributed by atoms with Crippen molar-refractivity contribution < 1.29 is 9.47 Å². The molecule has 0 bridgehead atoms. The summed E-state index contributed by atoms with van der Waals surface area (Å²) in [6, 6.07) is 16.7. The first kappa shape index (κ1) is 20.6. The minimum atomic E-state index is 0.244. The fourth-order valence-electron chi connectivity index (χ4n) is 2.87. The summed E-state index contributed by atoms with van der Waals surface area (Å²) in [5.74, 6) is 2.65. The smallest absolute Gasteiger partial charge is 0.191 e. The van der Waals surface area contributed by atoms with Crippen molar-refractivity contribution in [3.8, 4) is 11.5 Å². The lowest BCUT2D eigenvalue weighted by Crippen LogP contribution is -2.43. The van der Waals surface area contributed by atoms with E-state index < -0.39 is 0 Å². The Kier molecular flexibility index (Phi) is 7.99. The summed E-state index contributed by atoms with van der Waals surface area (Å²) in [4.78, 5) is 4.35. The lowest BCUT2D eigenvalue weighted by molar-refractivity contribution is 0.310. The highest BCUT2D eigenvalue weighted by atomic mass is 16.5. The van der Waals surface area contributed by atoms with Crippen LogP contribution in [0.5, 0.6) is 11.5 Å². The standard InChI is InChI=1S/C22H31N3O2/c1-6-27-21-14-18(12-13-20(21)26-5)15-24-22(23-4)25-17(3)16(2)19-10-8-7-9-11-19/h7-14,16-17H,6,15H2,1-5H3,(H2,23,24,25). The van der Waals surface area contributed by atoms with E-state index in [1.165, 1.54) is 5.56 Å². The summed E-state index contributed by atoms with van der Waals surface area (Å²) in [6.45, 7) is 7.61. The van der Waals surface area contributed by atoms with Gasteiger partial charge in [-0.1, -0.05) is 43.3 Å². The van der Waals surface area contributed by atoms with E-state index in [0.717, 1.165) is 23.0 Å². The van der Waals surface area contributed by atoms with Crippen LogP contribution < -0.4 is 20.1 Å². The van der Waals surface area contributed by atoms with Crippen LogP contribution in [0.1, 0.15) is 37.8 Å². The van der Waals surface area contributed by atoms with Gasteiger partial charge in [0.1, 0.15) is 0 Å². The summed E-state index contributed by atoms with van der Waals surface area (Å²) in [5, 5.41) is 6.85. The van der Waals surface area contributed by atoms with Crippen LogP contribution in [-0.4, -0.2) is 32.8 Å². The number of hydrogen-bond acceptors (Lipinski definition) is 3. The summed E-state index contributed by atoms with van der Waals surface area (Å²) >= 11 is 0. The zero-order valence-electron chi connectivity index (χ0n) is 17.0. The molecule has 2 aromatic rings. The van der Waals surface area contributed by atoms with Crippen molar-refractivity contribution in [2.45, 2.75) is 39.3 Å². The molecule has 0 saturated carbocycles. The molecule has 0 spiro atoms. The molecule has 146 valence electrons. The second-order valence-electron chi connectivity index (χ2n) is 6.48. The first-order chi connectivity index (χ1) is 13.1. The van der Waals surface area contributed by atoms with Crippen LogP contribution in [0.3, 0.4) is 0 Å². The second kappa shape index (κ2) is 10.5. The van der Waals surface area contributed by atoms with Crippen molar-refractivity contribution in [1.82, 2.24) is 10.6 Å². The van der Waals surface area contributed by atoms with Crippen molar-refractivity contribution in [2.75, 3.05) is 20.8 Å². The van der Waals surface area contributed by atoms with Gasteiger partial charge in [0.05, 0.1) is 13.7 Å². The van der Waals surface area contributed by atoms with Crippen LogP contribution in [0, 0.1) is 0 Å². The first-order valence-corrected chi connectivity index (χ1v) is 9.40. The Labute approximate surface area is 162 Å². The highest BCUT2D eigenvalue weighted by Gasteiger charge is 2.15. The van der Waals surface area contributed by atoms with E-state index in [-0.39, 0.29) is 6.04 Å². The molecule has 5 heteroatoms. The maximum Gasteiger partial charge on any atom is 0.191 e. The molecule has 2 rings (SSSR count). The van der Waals surface area contributed by atoms with Crippen LogP contribution in [0.4, 0.5) is 0 Å². The van der Waals surface area contributed by atoms with E-state index >= 15 is 0 Å². The van der Waals surface area contributed by atoms with Gasteiger partial charge in [-0.2, -0.15) is 0 Å². The molecule has 0 aliphatic carbocycles. The summed E-state index contributed by atoms with van der Waals surface area (Å²) in [6.07, 6.45) is 0. The molecule has 5 nitrogen and oxygen atoms in total. The minimum Gasteiger partial charge on any atom is -0.493 e. The molecule has 2 aromatic carbocycles. The molecule has 0 aromatic heterocycles. The van der Waals surface area contributed by atoms with E-state index in [0.29, 0.717) is 19.1 Å². The quantitative estimate of drug-likeness (QED) is 0.546. The molecule has 0 saturated heterocycles. The number of nitrogens with one attached hydrogen (secondary N) is 2. The van der Waals surface area contributed by atoms with Crippen LogP contribution in [0.2, 0.25) is 0 Å². The van der Waals surface area contributed by atoms with Crippen LogP contribution >= 0.6 is 0 Å². The van der Waals surface area contributed by atoms with E-state index in [1.807, 2.05) is 31.2 Å². The molecule has 2 atom stereocenters. The maximum atomic E-state index is 5.65. The van der Waals surface area contributed by atoms with Crippen molar-refractivity contribution in [2.24, 2.45) is 4.99 Å². The molecular formula is C22H31N3O2. The van der Waals surface area contributed by atoms with Gasteiger partial charge in [-0.15, -0.1) is 0 Å². The fraction of sp³-hybridized carbons (Fsp3) is 0.409. The van der Waals surface area contributed by atoms with Gasteiger partial charge in [0.25, 0.3) is 0 Å². The Hall–Kier alpha value is -2.69. The maximum absolute atomic E-state index is 5.65. The molecule has 0 aliphatic heterocycles. The fourth-order valence-corrected chi connectivity index (χ4v) is 2.87. The zero-order chi connectivity index (χ0) is 19.6. The van der Waals surface area contributed by atoms with Crippen LogP contribution in [0.15, 0.2) is 53.5 Å². The minimum absolute atomic E-state index is 0.244. The van der Waals surface area contributed by atoms with Crippen molar-refractivity contribution in [3.05, 3.63) is 59.7 Å². The van der Waals surface area contributed by atoms with Gasteiger partial charge >= 0.3 is 0 Å². The molecule has 0 heterocycles. The number of aliphatic imine (C=N–C) groups is 1. The number of ether oxygens (including phenoxy) is 2. The van der Waals surface area contributed by atoms with E-state index in [9.17, 15) is 0 Å². The Balaban J connectivity index is 1.96. The molecular weight excluding hydrogens is 338 g/mol. The number of methoxy groups -OCH3 is 1. The van der Waals surface area contributed by atoms with Gasteiger partial charge < -0.3 is 20.1 Å². The summed E-state index contributed by atoms with van der Waals surface area (Å²) < 4.78 is 11.0. The number of guanidine groups is 1. The Bertz CT molecular complexity index is 732. The summed E-state index contributed by atoms with van der Waals surface area (Å²) in [7, 11) is 3.44. The lowest BCUT2D eigenvalue weighted by Gasteiger charge is -2.24. The van der Waals surface area contributed by atoms with Crippen LogP contribution in [0.25, 0.3) is 0 Å². The largest absolute Gasteiger partial charge is 0.493 e. The predicted molar refractivity (Wildman–Crippen MR) is 112 cm³/mol. The molecule has 0 aliphatic rings.